The minimum Gasteiger partial charge on any atom is -0.496 e. The highest BCUT2D eigenvalue weighted by atomic mass is 19.4. The molecule has 0 bridgehead atoms. The standard InChI is InChI=1S/C24H30F3NO4/c1-17(28-23(29)32-16-18-9-5-4-6-10-18)13-20-15-21(30-2)19(14-22(20)31-3)11-7-8-12-24(25,26)27/h4-6,9-10,14-15,17H,7-8,11-13,16H2,1-3H3,(H,28,29). The molecule has 1 N–H and O–H groups in total. The van der Waals surface area contributed by atoms with E-state index >= 15 is 0 Å². The molecule has 1 amide bonds. The van der Waals surface area contributed by atoms with Gasteiger partial charge in [0.05, 0.1) is 14.2 Å². The average molecular weight is 454 g/mol. The molecule has 1 atom stereocenters. The lowest BCUT2D eigenvalue weighted by molar-refractivity contribution is -0.135. The monoisotopic (exact) mass is 453 g/mol. The van der Waals surface area contributed by atoms with E-state index in [0.717, 1.165) is 16.7 Å². The number of unbranched alkanes of at least 4 members (excludes halogenated alkanes) is 1. The molecule has 0 radical (unpaired) electrons. The van der Waals surface area contributed by atoms with Gasteiger partial charge in [0.25, 0.3) is 0 Å². The van der Waals surface area contributed by atoms with Crippen molar-refractivity contribution >= 4 is 6.09 Å². The number of nitrogens with one attached hydrogen (secondary N) is 1. The summed E-state index contributed by atoms with van der Waals surface area (Å²) >= 11 is 0. The Hall–Kier alpha value is -2.90. The molecule has 176 valence electrons. The molecule has 0 heterocycles. The molecule has 0 fully saturated rings. The highest BCUT2D eigenvalue weighted by Crippen LogP contribution is 2.31. The number of aryl methyl sites for hydroxylation is 1. The Morgan fingerprint density at radius 3 is 2.25 bits per heavy atom. The predicted molar refractivity (Wildman–Crippen MR) is 116 cm³/mol. The lowest BCUT2D eigenvalue weighted by Gasteiger charge is -2.19. The molecule has 1 unspecified atom stereocenters. The van der Waals surface area contributed by atoms with Crippen molar-refractivity contribution in [3.05, 3.63) is 59.2 Å². The molecular weight excluding hydrogens is 423 g/mol. The highest BCUT2D eigenvalue weighted by Gasteiger charge is 2.26. The van der Waals surface area contributed by atoms with Gasteiger partial charge in [-0.3, -0.25) is 0 Å². The lowest BCUT2D eigenvalue weighted by atomic mass is 9.99. The van der Waals surface area contributed by atoms with Gasteiger partial charge in [-0.05, 0) is 61.4 Å². The van der Waals surface area contributed by atoms with Crippen LogP contribution in [0.2, 0.25) is 0 Å². The molecule has 32 heavy (non-hydrogen) atoms. The van der Waals surface area contributed by atoms with E-state index in [4.69, 9.17) is 14.2 Å². The number of alkyl carbamates (subject to hydrolysis) is 1. The Balaban J connectivity index is 1.95. The molecule has 5 nitrogen and oxygen atoms in total. The summed E-state index contributed by atoms with van der Waals surface area (Å²) in [5, 5.41) is 2.79. The number of amides is 1. The number of halogens is 3. The van der Waals surface area contributed by atoms with Crippen molar-refractivity contribution in [2.45, 2.75) is 57.9 Å². The summed E-state index contributed by atoms with van der Waals surface area (Å²) in [7, 11) is 3.05. The molecule has 0 aromatic heterocycles. The summed E-state index contributed by atoms with van der Waals surface area (Å²) in [6, 6.07) is 12.7. The van der Waals surface area contributed by atoms with Gasteiger partial charge in [-0.25, -0.2) is 4.79 Å². The summed E-state index contributed by atoms with van der Waals surface area (Å²) in [6.45, 7) is 2.03. The fraction of sp³-hybridized carbons (Fsp3) is 0.458. The maximum absolute atomic E-state index is 12.4. The molecule has 2 rings (SSSR count). The number of methoxy groups -OCH3 is 2. The number of hydrogen-bond donors (Lipinski definition) is 1. The molecular formula is C24H30F3NO4. The number of ether oxygens (including phenoxy) is 3. The van der Waals surface area contributed by atoms with Gasteiger partial charge in [-0.1, -0.05) is 30.3 Å². The Bertz CT molecular complexity index is 856. The van der Waals surface area contributed by atoms with E-state index in [1.807, 2.05) is 43.3 Å². The van der Waals surface area contributed by atoms with Crippen molar-refractivity contribution in [2.24, 2.45) is 0 Å². The largest absolute Gasteiger partial charge is 0.496 e. The van der Waals surface area contributed by atoms with Gasteiger partial charge < -0.3 is 19.5 Å². The van der Waals surface area contributed by atoms with Crippen molar-refractivity contribution in [1.82, 2.24) is 5.32 Å². The van der Waals surface area contributed by atoms with E-state index < -0.39 is 18.7 Å². The molecule has 0 aliphatic carbocycles. The van der Waals surface area contributed by atoms with Crippen LogP contribution < -0.4 is 14.8 Å². The number of benzene rings is 2. The third-order valence-electron chi connectivity index (χ3n) is 4.94. The van der Waals surface area contributed by atoms with E-state index in [0.29, 0.717) is 30.8 Å². The van der Waals surface area contributed by atoms with Crippen molar-refractivity contribution < 1.29 is 32.2 Å². The van der Waals surface area contributed by atoms with E-state index in [1.165, 1.54) is 14.2 Å². The first-order valence-corrected chi connectivity index (χ1v) is 10.5. The van der Waals surface area contributed by atoms with Crippen molar-refractivity contribution in [3.63, 3.8) is 0 Å². The molecule has 2 aromatic carbocycles. The number of alkyl halides is 3. The van der Waals surface area contributed by atoms with Crippen LogP contribution in [0.1, 0.15) is 42.9 Å². The SMILES string of the molecule is COc1cc(CC(C)NC(=O)OCc2ccccc2)c(OC)cc1CCCCC(F)(F)F. The number of carbonyl (C=O) groups excluding carboxylic acids is 1. The van der Waals surface area contributed by atoms with Crippen LogP contribution in [0.5, 0.6) is 11.5 Å². The summed E-state index contributed by atoms with van der Waals surface area (Å²) in [5.74, 6) is 1.19. The van der Waals surface area contributed by atoms with Crippen LogP contribution >= 0.6 is 0 Å². The van der Waals surface area contributed by atoms with Crippen LogP contribution in [0, 0.1) is 0 Å². The molecule has 0 saturated carbocycles. The Morgan fingerprint density at radius 2 is 1.62 bits per heavy atom. The van der Waals surface area contributed by atoms with Gasteiger partial charge in [-0.15, -0.1) is 0 Å². The van der Waals surface area contributed by atoms with Gasteiger partial charge in [0.15, 0.2) is 0 Å². The third-order valence-corrected chi connectivity index (χ3v) is 4.94. The molecule has 0 saturated heterocycles. The van der Waals surface area contributed by atoms with E-state index in [9.17, 15) is 18.0 Å². The summed E-state index contributed by atoms with van der Waals surface area (Å²) < 4.78 is 53.3. The maximum atomic E-state index is 12.4. The zero-order valence-corrected chi connectivity index (χ0v) is 18.6. The van der Waals surface area contributed by atoms with E-state index in [1.54, 1.807) is 6.07 Å². The minimum atomic E-state index is -4.14. The Morgan fingerprint density at radius 1 is 1.00 bits per heavy atom. The Kier molecular flexibility index (Phi) is 9.68. The first kappa shape index (κ1) is 25.4. The topological polar surface area (TPSA) is 56.8 Å². The van der Waals surface area contributed by atoms with Crippen molar-refractivity contribution in [1.29, 1.82) is 0 Å². The molecule has 0 spiro atoms. The van der Waals surface area contributed by atoms with E-state index in [-0.39, 0.29) is 19.1 Å². The first-order chi connectivity index (χ1) is 15.2. The van der Waals surface area contributed by atoms with Crippen LogP contribution in [0.15, 0.2) is 42.5 Å². The van der Waals surface area contributed by atoms with E-state index in [2.05, 4.69) is 5.32 Å². The van der Waals surface area contributed by atoms with Crippen molar-refractivity contribution in [3.8, 4) is 11.5 Å². The normalized spacial score (nSPS) is 12.2. The fourth-order valence-electron chi connectivity index (χ4n) is 3.37. The molecule has 0 aliphatic rings. The maximum Gasteiger partial charge on any atom is 0.407 e. The molecule has 8 heteroatoms. The number of rotatable bonds is 11. The van der Waals surface area contributed by atoms with Gasteiger partial charge in [0, 0.05) is 12.5 Å². The second-order valence-electron chi connectivity index (χ2n) is 7.61. The number of hydrogen-bond acceptors (Lipinski definition) is 4. The zero-order chi connectivity index (χ0) is 23.6. The first-order valence-electron chi connectivity index (χ1n) is 10.5. The van der Waals surface area contributed by atoms with Crippen LogP contribution in [0.25, 0.3) is 0 Å². The smallest absolute Gasteiger partial charge is 0.407 e. The van der Waals surface area contributed by atoms with Gasteiger partial charge >= 0.3 is 12.3 Å². The second-order valence-corrected chi connectivity index (χ2v) is 7.61. The number of carbonyl (C=O) groups is 1. The predicted octanol–water partition coefficient (Wildman–Crippen LogP) is 5.84. The second kappa shape index (κ2) is 12.2. The van der Waals surface area contributed by atoms with Gasteiger partial charge in [0.2, 0.25) is 0 Å². The lowest BCUT2D eigenvalue weighted by Crippen LogP contribution is -2.34. The van der Waals surface area contributed by atoms with Crippen LogP contribution in [-0.4, -0.2) is 32.5 Å². The van der Waals surface area contributed by atoms with Crippen LogP contribution in [-0.2, 0) is 24.2 Å². The quantitative estimate of drug-likeness (QED) is 0.435. The minimum absolute atomic E-state index is 0.0583. The zero-order valence-electron chi connectivity index (χ0n) is 18.6. The molecule has 2 aromatic rings. The van der Waals surface area contributed by atoms with Crippen LogP contribution in [0.4, 0.5) is 18.0 Å². The van der Waals surface area contributed by atoms with Gasteiger partial charge in [0.1, 0.15) is 18.1 Å². The third kappa shape index (κ3) is 8.69. The summed E-state index contributed by atoms with van der Waals surface area (Å²) in [5.41, 5.74) is 2.50. The Labute approximate surface area is 186 Å². The molecule has 0 aliphatic heterocycles. The van der Waals surface area contributed by atoms with Gasteiger partial charge in [-0.2, -0.15) is 13.2 Å². The van der Waals surface area contributed by atoms with Crippen LogP contribution in [0.3, 0.4) is 0 Å². The summed E-state index contributed by atoms with van der Waals surface area (Å²) in [6.07, 6.45) is -4.09. The van der Waals surface area contributed by atoms with Crippen molar-refractivity contribution in [2.75, 3.05) is 14.2 Å². The average Bonchev–Trinajstić information content (AvgIpc) is 2.75. The fourth-order valence-corrected chi connectivity index (χ4v) is 3.37. The highest BCUT2D eigenvalue weighted by molar-refractivity contribution is 5.67. The summed E-state index contributed by atoms with van der Waals surface area (Å²) in [4.78, 5) is 12.1.